The van der Waals surface area contributed by atoms with Gasteiger partial charge in [-0.05, 0) is 48.5 Å². The summed E-state index contributed by atoms with van der Waals surface area (Å²) in [5.74, 6) is 2.25. The lowest BCUT2D eigenvalue weighted by molar-refractivity contribution is 0.252. The molecule has 3 nitrogen and oxygen atoms in total. The van der Waals surface area contributed by atoms with Crippen LogP contribution in [-0.4, -0.2) is 27.2 Å². The van der Waals surface area contributed by atoms with Gasteiger partial charge in [-0.3, -0.25) is 14.9 Å². The quantitative estimate of drug-likeness (QED) is 0.484. The van der Waals surface area contributed by atoms with E-state index in [0.29, 0.717) is 0 Å². The highest BCUT2D eigenvalue weighted by Crippen LogP contribution is 2.14. The lowest BCUT2D eigenvalue weighted by atomic mass is 10.2. The van der Waals surface area contributed by atoms with Gasteiger partial charge >= 0.3 is 0 Å². The maximum atomic E-state index is 4.48. The van der Waals surface area contributed by atoms with Crippen LogP contribution in [0.1, 0.15) is 23.4 Å². The van der Waals surface area contributed by atoms with Gasteiger partial charge in [-0.25, -0.2) is 0 Å². The monoisotopic (exact) mass is 363 g/mol. The van der Waals surface area contributed by atoms with E-state index in [4.69, 9.17) is 0 Å². The van der Waals surface area contributed by atoms with Crippen LogP contribution < -0.4 is 0 Å². The molecule has 0 saturated carbocycles. The highest BCUT2D eigenvalue weighted by molar-refractivity contribution is 7.98. The molecular weight excluding hydrogens is 338 g/mol. The van der Waals surface area contributed by atoms with Crippen molar-refractivity contribution in [3.8, 4) is 0 Å². The first-order chi connectivity index (χ1) is 12.9. The summed E-state index contributed by atoms with van der Waals surface area (Å²) in [4.78, 5) is 11.4. The summed E-state index contributed by atoms with van der Waals surface area (Å²) >= 11 is 2.00. The minimum Gasteiger partial charge on any atom is -0.292 e. The van der Waals surface area contributed by atoms with E-state index >= 15 is 0 Å². The second-order valence-electron chi connectivity index (χ2n) is 6.24. The molecule has 0 amide bonds. The molecule has 0 saturated heterocycles. The molecule has 0 aliphatic rings. The van der Waals surface area contributed by atoms with Gasteiger partial charge in [0.15, 0.2) is 0 Å². The number of aromatic nitrogens is 2. The van der Waals surface area contributed by atoms with Crippen LogP contribution in [0, 0.1) is 0 Å². The predicted octanol–water partition coefficient (Wildman–Crippen LogP) is 4.80. The van der Waals surface area contributed by atoms with Gasteiger partial charge in [-0.15, -0.1) is 0 Å². The van der Waals surface area contributed by atoms with Crippen molar-refractivity contribution in [3.63, 3.8) is 0 Å². The first kappa shape index (κ1) is 18.6. The number of rotatable bonds is 10. The largest absolute Gasteiger partial charge is 0.292 e. The normalized spacial score (nSPS) is 11.0. The minimum absolute atomic E-state index is 0.862. The highest BCUT2D eigenvalue weighted by atomic mass is 32.2. The van der Waals surface area contributed by atoms with E-state index in [-0.39, 0.29) is 0 Å². The van der Waals surface area contributed by atoms with E-state index in [1.165, 1.54) is 5.56 Å². The molecule has 0 radical (unpaired) electrons. The second kappa shape index (κ2) is 10.7. The molecule has 26 heavy (non-hydrogen) atoms. The number of hydrogen-bond donors (Lipinski definition) is 0. The molecule has 0 unspecified atom stereocenters. The van der Waals surface area contributed by atoms with Gasteiger partial charge in [0.25, 0.3) is 0 Å². The van der Waals surface area contributed by atoms with Crippen LogP contribution in [-0.2, 0) is 18.8 Å². The Hall–Kier alpha value is -2.17. The zero-order valence-corrected chi connectivity index (χ0v) is 15.8. The first-order valence-corrected chi connectivity index (χ1v) is 10.2. The van der Waals surface area contributed by atoms with Gasteiger partial charge in [0.05, 0.1) is 11.4 Å². The van der Waals surface area contributed by atoms with Crippen molar-refractivity contribution >= 4 is 11.8 Å². The lowest BCUT2D eigenvalue weighted by Gasteiger charge is -2.21. The molecule has 0 aliphatic heterocycles. The summed E-state index contributed by atoms with van der Waals surface area (Å²) in [5, 5.41) is 0. The Morgan fingerprint density at radius 1 is 0.731 bits per heavy atom. The van der Waals surface area contributed by atoms with Gasteiger partial charge in [-0.2, -0.15) is 11.8 Å². The Kier molecular flexibility index (Phi) is 7.69. The Labute approximate surface area is 160 Å². The smallest absolute Gasteiger partial charge is 0.0544 e. The molecule has 0 N–H and O–H groups in total. The highest BCUT2D eigenvalue weighted by Gasteiger charge is 2.08. The molecule has 3 aromatic rings. The zero-order chi connectivity index (χ0) is 17.9. The van der Waals surface area contributed by atoms with Gasteiger partial charge < -0.3 is 0 Å². The fraction of sp³-hybridized carbons (Fsp3) is 0.273. The molecule has 2 heterocycles. The standard InChI is InChI=1S/C22H25N3S/c1-2-9-20(10-3-1)19-26-16-8-15-25(17-21-11-4-6-13-23-21)18-22-12-5-7-14-24-22/h1-7,9-14H,8,15-19H2. The van der Waals surface area contributed by atoms with E-state index in [2.05, 4.69) is 69.5 Å². The predicted molar refractivity (Wildman–Crippen MR) is 110 cm³/mol. The van der Waals surface area contributed by atoms with Crippen LogP contribution >= 0.6 is 11.8 Å². The van der Waals surface area contributed by atoms with Crippen molar-refractivity contribution in [2.45, 2.75) is 25.3 Å². The van der Waals surface area contributed by atoms with Gasteiger partial charge in [0, 0.05) is 31.2 Å². The Balaban J connectivity index is 1.48. The molecule has 0 spiro atoms. The Bertz CT molecular complexity index is 694. The van der Waals surface area contributed by atoms with E-state index in [0.717, 1.165) is 48.9 Å². The molecule has 134 valence electrons. The summed E-state index contributed by atoms with van der Waals surface area (Å²) in [6.45, 7) is 2.77. The van der Waals surface area contributed by atoms with Gasteiger partial charge in [0.2, 0.25) is 0 Å². The maximum absolute atomic E-state index is 4.48. The average molecular weight is 364 g/mol. The van der Waals surface area contributed by atoms with Crippen LogP contribution in [0.4, 0.5) is 0 Å². The van der Waals surface area contributed by atoms with Crippen molar-refractivity contribution in [1.82, 2.24) is 14.9 Å². The van der Waals surface area contributed by atoms with Crippen molar-refractivity contribution in [3.05, 3.63) is 96.1 Å². The van der Waals surface area contributed by atoms with Crippen molar-refractivity contribution < 1.29 is 0 Å². The third-order valence-corrected chi connectivity index (χ3v) is 5.21. The topological polar surface area (TPSA) is 29.0 Å². The summed E-state index contributed by atoms with van der Waals surface area (Å²) in [6, 6.07) is 22.9. The maximum Gasteiger partial charge on any atom is 0.0544 e. The van der Waals surface area contributed by atoms with Crippen molar-refractivity contribution in [2.24, 2.45) is 0 Å². The van der Waals surface area contributed by atoms with Gasteiger partial charge in [-0.1, -0.05) is 42.5 Å². The third kappa shape index (κ3) is 6.62. The van der Waals surface area contributed by atoms with E-state index < -0.39 is 0 Å². The van der Waals surface area contributed by atoms with Crippen LogP contribution in [0.3, 0.4) is 0 Å². The van der Waals surface area contributed by atoms with E-state index in [9.17, 15) is 0 Å². The first-order valence-electron chi connectivity index (χ1n) is 9.04. The summed E-state index contributed by atoms with van der Waals surface area (Å²) in [7, 11) is 0. The fourth-order valence-corrected chi connectivity index (χ4v) is 3.72. The fourth-order valence-electron chi connectivity index (χ4n) is 2.81. The zero-order valence-electron chi connectivity index (χ0n) is 15.0. The van der Waals surface area contributed by atoms with Crippen LogP contribution in [0.15, 0.2) is 79.1 Å². The van der Waals surface area contributed by atoms with Crippen LogP contribution in [0.5, 0.6) is 0 Å². The molecule has 4 heteroatoms. The Morgan fingerprint density at radius 2 is 1.35 bits per heavy atom. The second-order valence-corrected chi connectivity index (χ2v) is 7.35. The summed E-state index contributed by atoms with van der Waals surface area (Å²) in [6.07, 6.45) is 4.89. The van der Waals surface area contributed by atoms with E-state index in [1.807, 2.05) is 36.3 Å². The molecule has 1 aromatic carbocycles. The number of nitrogens with zero attached hydrogens (tertiary/aromatic N) is 3. The molecule has 0 fully saturated rings. The SMILES string of the molecule is c1ccc(CSCCCN(Cc2ccccn2)Cc2ccccn2)cc1. The number of hydrogen-bond acceptors (Lipinski definition) is 4. The van der Waals surface area contributed by atoms with Crippen LogP contribution in [0.25, 0.3) is 0 Å². The van der Waals surface area contributed by atoms with Crippen LogP contribution in [0.2, 0.25) is 0 Å². The molecule has 3 rings (SSSR count). The molecular formula is C22H25N3S. The molecule has 0 atom stereocenters. The lowest BCUT2D eigenvalue weighted by Crippen LogP contribution is -2.25. The van der Waals surface area contributed by atoms with Crippen molar-refractivity contribution in [1.29, 1.82) is 0 Å². The summed E-state index contributed by atoms with van der Waals surface area (Å²) in [5.41, 5.74) is 3.62. The molecule has 0 bridgehead atoms. The average Bonchev–Trinajstić information content (AvgIpc) is 2.70. The van der Waals surface area contributed by atoms with E-state index in [1.54, 1.807) is 0 Å². The number of benzene rings is 1. The molecule has 0 aliphatic carbocycles. The van der Waals surface area contributed by atoms with Gasteiger partial charge in [0.1, 0.15) is 0 Å². The molecule has 2 aromatic heterocycles. The number of pyridine rings is 2. The van der Waals surface area contributed by atoms with Crippen molar-refractivity contribution in [2.75, 3.05) is 12.3 Å². The summed E-state index contributed by atoms with van der Waals surface area (Å²) < 4.78 is 0. The number of thioether (sulfide) groups is 1. The Morgan fingerprint density at radius 3 is 1.92 bits per heavy atom. The third-order valence-electron chi connectivity index (χ3n) is 4.10. The minimum atomic E-state index is 0.862.